The Morgan fingerprint density at radius 3 is 2.64 bits per heavy atom. The maximum Gasteiger partial charge on any atom is 0.363 e. The van der Waals surface area contributed by atoms with Crippen molar-refractivity contribution in [3.05, 3.63) is 72.9 Å². The minimum absolute atomic E-state index is 0.184. The standard InChI is InChI=1S/C16H8Cl2INO2/c17-10-5-6-11(12(18)8-10)15-20-14(16(21)22-15)7-9-3-1-2-4-13(9)19/h1-8H/b14-7+. The number of carbonyl (C=O) groups is 1. The number of ether oxygens (including phenoxy) is 1. The molecule has 2 aromatic carbocycles. The van der Waals surface area contributed by atoms with E-state index in [0.717, 1.165) is 9.13 Å². The van der Waals surface area contributed by atoms with Crippen LogP contribution < -0.4 is 0 Å². The molecule has 2 aromatic rings. The first-order valence-corrected chi connectivity index (χ1v) is 8.10. The van der Waals surface area contributed by atoms with Gasteiger partial charge in [-0.05, 0) is 58.5 Å². The van der Waals surface area contributed by atoms with Gasteiger partial charge in [-0.25, -0.2) is 9.79 Å². The van der Waals surface area contributed by atoms with Crippen LogP contribution in [0, 0.1) is 3.57 Å². The zero-order valence-corrected chi connectivity index (χ0v) is 14.7. The molecule has 110 valence electrons. The van der Waals surface area contributed by atoms with Crippen LogP contribution >= 0.6 is 45.8 Å². The summed E-state index contributed by atoms with van der Waals surface area (Å²) in [7, 11) is 0. The zero-order valence-electron chi connectivity index (χ0n) is 11.0. The Balaban J connectivity index is 2.00. The maximum absolute atomic E-state index is 12.0. The summed E-state index contributed by atoms with van der Waals surface area (Å²) in [4.78, 5) is 16.2. The van der Waals surface area contributed by atoms with Crippen molar-refractivity contribution < 1.29 is 9.53 Å². The fraction of sp³-hybridized carbons (Fsp3) is 0. The molecule has 0 aliphatic carbocycles. The number of nitrogens with zero attached hydrogens (tertiary/aromatic N) is 1. The molecule has 1 heterocycles. The van der Waals surface area contributed by atoms with Crippen molar-refractivity contribution in [2.24, 2.45) is 4.99 Å². The average Bonchev–Trinajstić information content (AvgIpc) is 2.82. The molecule has 0 aromatic heterocycles. The zero-order chi connectivity index (χ0) is 15.7. The molecule has 0 atom stereocenters. The molecule has 1 aliphatic heterocycles. The monoisotopic (exact) mass is 443 g/mol. The molecular formula is C16H8Cl2INO2. The smallest absolute Gasteiger partial charge is 0.363 e. The molecule has 0 N–H and O–H groups in total. The Morgan fingerprint density at radius 2 is 1.91 bits per heavy atom. The molecule has 0 bridgehead atoms. The number of cyclic esters (lactones) is 1. The third-order valence-corrected chi connectivity index (χ3v) is 4.51. The summed E-state index contributed by atoms with van der Waals surface area (Å²) in [6.45, 7) is 0. The number of aliphatic imine (C=N–C) groups is 1. The molecule has 3 rings (SSSR count). The summed E-state index contributed by atoms with van der Waals surface area (Å²) in [6.07, 6.45) is 1.70. The number of hydrogen-bond donors (Lipinski definition) is 0. The van der Waals surface area contributed by atoms with Crippen LogP contribution in [0.1, 0.15) is 11.1 Å². The molecule has 0 spiro atoms. The van der Waals surface area contributed by atoms with Crippen molar-refractivity contribution in [3.8, 4) is 0 Å². The Hall–Kier alpha value is -1.37. The molecule has 0 saturated heterocycles. The molecule has 22 heavy (non-hydrogen) atoms. The highest BCUT2D eigenvalue weighted by atomic mass is 127. The van der Waals surface area contributed by atoms with E-state index in [1.807, 2.05) is 24.3 Å². The van der Waals surface area contributed by atoms with Crippen LogP contribution in [0.25, 0.3) is 6.08 Å². The van der Waals surface area contributed by atoms with E-state index in [1.54, 1.807) is 24.3 Å². The van der Waals surface area contributed by atoms with Gasteiger partial charge in [0.05, 0.1) is 10.6 Å². The molecule has 3 nitrogen and oxygen atoms in total. The predicted molar refractivity (Wildman–Crippen MR) is 96.2 cm³/mol. The van der Waals surface area contributed by atoms with Gasteiger partial charge < -0.3 is 4.74 Å². The molecule has 1 aliphatic rings. The Bertz CT molecular complexity index is 831. The van der Waals surface area contributed by atoms with Gasteiger partial charge in [-0.3, -0.25) is 0 Å². The summed E-state index contributed by atoms with van der Waals surface area (Å²) in [5, 5.41) is 0.892. The number of hydrogen-bond acceptors (Lipinski definition) is 3. The Labute approximate surface area is 150 Å². The average molecular weight is 444 g/mol. The highest BCUT2D eigenvalue weighted by molar-refractivity contribution is 14.1. The summed E-state index contributed by atoms with van der Waals surface area (Å²) in [5.41, 5.74) is 1.68. The molecule has 0 radical (unpaired) electrons. The lowest BCUT2D eigenvalue weighted by atomic mass is 10.2. The second kappa shape index (κ2) is 6.40. The normalized spacial score (nSPS) is 15.9. The number of esters is 1. The Morgan fingerprint density at radius 1 is 1.14 bits per heavy atom. The summed E-state index contributed by atoms with van der Waals surface area (Å²) in [6, 6.07) is 12.6. The third-order valence-electron chi connectivity index (χ3n) is 2.98. The van der Waals surface area contributed by atoms with Crippen LogP contribution in [0.4, 0.5) is 0 Å². The van der Waals surface area contributed by atoms with Crippen molar-refractivity contribution in [3.63, 3.8) is 0 Å². The minimum Gasteiger partial charge on any atom is -0.402 e. The first-order valence-electron chi connectivity index (χ1n) is 6.27. The molecule has 0 unspecified atom stereocenters. The van der Waals surface area contributed by atoms with E-state index >= 15 is 0 Å². The van der Waals surface area contributed by atoms with Crippen molar-refractivity contribution in [2.45, 2.75) is 0 Å². The fourth-order valence-corrected chi connectivity index (χ4v) is 2.96. The highest BCUT2D eigenvalue weighted by Crippen LogP contribution is 2.26. The van der Waals surface area contributed by atoms with Gasteiger partial charge in [0, 0.05) is 8.59 Å². The second-order valence-corrected chi connectivity index (χ2v) is 6.49. The van der Waals surface area contributed by atoms with E-state index in [9.17, 15) is 4.79 Å². The second-order valence-electron chi connectivity index (χ2n) is 4.48. The van der Waals surface area contributed by atoms with Crippen molar-refractivity contribution >= 4 is 63.7 Å². The first kappa shape index (κ1) is 15.5. The van der Waals surface area contributed by atoms with Crippen LogP contribution in [0.15, 0.2) is 53.2 Å². The molecular weight excluding hydrogens is 436 g/mol. The van der Waals surface area contributed by atoms with E-state index in [0.29, 0.717) is 15.6 Å². The van der Waals surface area contributed by atoms with Gasteiger partial charge in [0.1, 0.15) is 0 Å². The minimum atomic E-state index is -0.499. The highest BCUT2D eigenvalue weighted by Gasteiger charge is 2.25. The van der Waals surface area contributed by atoms with Gasteiger partial charge in [-0.15, -0.1) is 0 Å². The topological polar surface area (TPSA) is 38.7 Å². The Kier molecular flexibility index (Phi) is 4.52. The van der Waals surface area contributed by atoms with Gasteiger partial charge in [-0.2, -0.15) is 0 Å². The lowest BCUT2D eigenvalue weighted by Crippen LogP contribution is -2.05. The van der Waals surface area contributed by atoms with Crippen LogP contribution in [-0.2, 0) is 9.53 Å². The quantitative estimate of drug-likeness (QED) is 0.374. The molecule has 0 fully saturated rings. The lowest BCUT2D eigenvalue weighted by molar-refractivity contribution is -0.129. The number of halogens is 3. The molecule has 0 saturated carbocycles. The van der Waals surface area contributed by atoms with E-state index in [2.05, 4.69) is 27.6 Å². The van der Waals surface area contributed by atoms with Gasteiger partial charge in [0.15, 0.2) is 5.70 Å². The van der Waals surface area contributed by atoms with E-state index in [4.69, 9.17) is 27.9 Å². The first-order chi connectivity index (χ1) is 10.5. The van der Waals surface area contributed by atoms with Gasteiger partial charge in [-0.1, -0.05) is 41.4 Å². The fourth-order valence-electron chi connectivity index (χ4n) is 1.93. The predicted octanol–water partition coefficient (Wildman–Crippen LogP) is 4.94. The summed E-state index contributed by atoms with van der Waals surface area (Å²) in [5.74, 6) is -0.315. The molecule has 6 heteroatoms. The van der Waals surface area contributed by atoms with E-state index in [-0.39, 0.29) is 11.6 Å². The van der Waals surface area contributed by atoms with Crippen LogP contribution in [0.3, 0.4) is 0 Å². The number of carbonyl (C=O) groups excluding carboxylic acids is 1. The molecule has 0 amide bonds. The third kappa shape index (κ3) is 3.19. The van der Waals surface area contributed by atoms with Crippen molar-refractivity contribution in [1.82, 2.24) is 0 Å². The van der Waals surface area contributed by atoms with Crippen LogP contribution in [-0.4, -0.2) is 11.9 Å². The van der Waals surface area contributed by atoms with Gasteiger partial charge in [0.2, 0.25) is 5.90 Å². The SMILES string of the molecule is O=C1OC(c2ccc(Cl)cc2Cl)=N/C1=C/c1ccccc1I. The van der Waals surface area contributed by atoms with Crippen LogP contribution in [0.2, 0.25) is 10.0 Å². The number of benzene rings is 2. The van der Waals surface area contributed by atoms with E-state index < -0.39 is 5.97 Å². The summed E-state index contributed by atoms with van der Waals surface area (Å²) < 4.78 is 6.23. The van der Waals surface area contributed by atoms with E-state index in [1.165, 1.54) is 0 Å². The van der Waals surface area contributed by atoms with Crippen molar-refractivity contribution in [2.75, 3.05) is 0 Å². The maximum atomic E-state index is 12.0. The van der Waals surface area contributed by atoms with Crippen LogP contribution in [0.5, 0.6) is 0 Å². The summed E-state index contributed by atoms with van der Waals surface area (Å²) >= 11 is 14.2. The van der Waals surface area contributed by atoms with Gasteiger partial charge in [0.25, 0.3) is 0 Å². The number of rotatable bonds is 2. The largest absolute Gasteiger partial charge is 0.402 e. The van der Waals surface area contributed by atoms with Gasteiger partial charge >= 0.3 is 5.97 Å². The van der Waals surface area contributed by atoms with Crippen molar-refractivity contribution in [1.29, 1.82) is 0 Å². The lowest BCUT2D eigenvalue weighted by Gasteiger charge is -2.02.